The van der Waals surface area contributed by atoms with Gasteiger partial charge in [0.2, 0.25) is 0 Å². The largest absolute Gasteiger partial charge is 0.291 e. The first-order valence-corrected chi connectivity index (χ1v) is 7.75. The molecule has 0 spiro atoms. The van der Waals surface area contributed by atoms with Crippen LogP contribution in [0.3, 0.4) is 0 Å². The Kier molecular flexibility index (Phi) is 4.46. The molecule has 0 aliphatic carbocycles. The van der Waals surface area contributed by atoms with Crippen molar-refractivity contribution in [1.29, 1.82) is 0 Å². The Labute approximate surface area is 118 Å². The molecule has 3 unspecified atom stereocenters. The van der Waals surface area contributed by atoms with Crippen LogP contribution in [-0.2, 0) is 0 Å². The molecule has 3 atom stereocenters. The fourth-order valence-corrected chi connectivity index (χ4v) is 3.78. The van der Waals surface area contributed by atoms with Gasteiger partial charge in [-0.15, -0.1) is 11.3 Å². The SMILES string of the molecule is CC1CCCN(C(C)C(=O)c2ccc(Cl)s2)C1C. The van der Waals surface area contributed by atoms with Crippen molar-refractivity contribution in [2.75, 3.05) is 6.54 Å². The molecule has 100 valence electrons. The molecule has 1 aromatic rings. The van der Waals surface area contributed by atoms with E-state index in [0.29, 0.717) is 16.3 Å². The first-order valence-electron chi connectivity index (χ1n) is 6.56. The highest BCUT2D eigenvalue weighted by Gasteiger charge is 2.32. The molecule has 1 saturated heterocycles. The van der Waals surface area contributed by atoms with Crippen LogP contribution in [0, 0.1) is 5.92 Å². The number of carbonyl (C=O) groups excluding carboxylic acids is 1. The first-order chi connectivity index (χ1) is 8.50. The summed E-state index contributed by atoms with van der Waals surface area (Å²) in [5, 5.41) is 0. The lowest BCUT2D eigenvalue weighted by Gasteiger charge is -2.40. The normalized spacial score (nSPS) is 27.1. The van der Waals surface area contributed by atoms with E-state index >= 15 is 0 Å². The van der Waals surface area contributed by atoms with Crippen LogP contribution in [-0.4, -0.2) is 29.3 Å². The van der Waals surface area contributed by atoms with Crippen LogP contribution in [0.15, 0.2) is 12.1 Å². The Morgan fingerprint density at radius 1 is 1.50 bits per heavy atom. The fraction of sp³-hybridized carbons (Fsp3) is 0.643. The van der Waals surface area contributed by atoms with Crippen molar-refractivity contribution < 1.29 is 4.79 Å². The lowest BCUT2D eigenvalue weighted by molar-refractivity contribution is 0.0572. The molecule has 0 radical (unpaired) electrons. The number of hydrogen-bond acceptors (Lipinski definition) is 3. The van der Waals surface area contributed by atoms with E-state index in [1.165, 1.54) is 24.2 Å². The monoisotopic (exact) mass is 285 g/mol. The van der Waals surface area contributed by atoms with Crippen molar-refractivity contribution in [1.82, 2.24) is 4.90 Å². The van der Waals surface area contributed by atoms with Gasteiger partial charge in [0, 0.05) is 6.04 Å². The predicted molar refractivity (Wildman–Crippen MR) is 77.7 cm³/mol. The Morgan fingerprint density at radius 2 is 2.22 bits per heavy atom. The van der Waals surface area contributed by atoms with Crippen LogP contribution in [0.25, 0.3) is 0 Å². The van der Waals surface area contributed by atoms with Gasteiger partial charge in [-0.25, -0.2) is 0 Å². The molecular formula is C14H20ClNOS. The van der Waals surface area contributed by atoms with Gasteiger partial charge >= 0.3 is 0 Å². The number of nitrogens with zero attached hydrogens (tertiary/aromatic N) is 1. The van der Waals surface area contributed by atoms with Gasteiger partial charge < -0.3 is 0 Å². The minimum absolute atomic E-state index is 0.0440. The second-order valence-electron chi connectivity index (χ2n) is 5.24. The van der Waals surface area contributed by atoms with E-state index in [4.69, 9.17) is 11.6 Å². The van der Waals surface area contributed by atoms with Crippen molar-refractivity contribution >= 4 is 28.7 Å². The highest BCUT2D eigenvalue weighted by Crippen LogP contribution is 2.28. The molecule has 1 aromatic heterocycles. The molecule has 18 heavy (non-hydrogen) atoms. The zero-order valence-electron chi connectivity index (χ0n) is 11.1. The van der Waals surface area contributed by atoms with Gasteiger partial charge in [0.15, 0.2) is 5.78 Å². The number of Topliss-reactive ketones (excluding diaryl/α,β-unsaturated/α-hetero) is 1. The Bertz CT molecular complexity index is 431. The van der Waals surface area contributed by atoms with E-state index in [2.05, 4.69) is 18.7 Å². The van der Waals surface area contributed by atoms with Crippen LogP contribution < -0.4 is 0 Å². The Hall–Kier alpha value is -0.380. The smallest absolute Gasteiger partial charge is 0.189 e. The van der Waals surface area contributed by atoms with Crippen molar-refractivity contribution in [2.24, 2.45) is 5.92 Å². The van der Waals surface area contributed by atoms with Crippen molar-refractivity contribution in [3.63, 3.8) is 0 Å². The zero-order valence-corrected chi connectivity index (χ0v) is 12.7. The van der Waals surface area contributed by atoms with Gasteiger partial charge in [-0.2, -0.15) is 0 Å². The summed E-state index contributed by atoms with van der Waals surface area (Å²) in [5.74, 6) is 0.869. The van der Waals surface area contributed by atoms with Gasteiger partial charge in [-0.1, -0.05) is 18.5 Å². The van der Waals surface area contributed by atoms with Crippen molar-refractivity contribution in [3.05, 3.63) is 21.3 Å². The molecule has 4 heteroatoms. The molecule has 2 heterocycles. The lowest BCUT2D eigenvalue weighted by Crippen LogP contribution is -2.50. The summed E-state index contributed by atoms with van der Waals surface area (Å²) in [4.78, 5) is 15.5. The van der Waals surface area contributed by atoms with Gasteiger partial charge in [0.25, 0.3) is 0 Å². The van der Waals surface area contributed by atoms with E-state index < -0.39 is 0 Å². The minimum atomic E-state index is -0.0440. The average Bonchev–Trinajstić information content (AvgIpc) is 2.77. The molecule has 2 nitrogen and oxygen atoms in total. The number of halogens is 1. The zero-order chi connectivity index (χ0) is 13.3. The number of piperidine rings is 1. The maximum atomic E-state index is 12.4. The van der Waals surface area contributed by atoms with E-state index in [-0.39, 0.29) is 11.8 Å². The van der Waals surface area contributed by atoms with Crippen LogP contribution in [0.1, 0.15) is 43.3 Å². The average molecular weight is 286 g/mol. The number of likely N-dealkylation sites (tertiary alicyclic amines) is 1. The topological polar surface area (TPSA) is 20.3 Å². The van der Waals surface area contributed by atoms with Crippen LogP contribution in [0.4, 0.5) is 0 Å². The Morgan fingerprint density at radius 3 is 2.83 bits per heavy atom. The molecule has 0 amide bonds. The minimum Gasteiger partial charge on any atom is -0.291 e. The summed E-state index contributed by atoms with van der Waals surface area (Å²) in [5.41, 5.74) is 0. The summed E-state index contributed by atoms with van der Waals surface area (Å²) in [6.45, 7) is 7.55. The third kappa shape index (κ3) is 2.79. The maximum Gasteiger partial charge on any atom is 0.189 e. The number of carbonyl (C=O) groups is 1. The van der Waals surface area contributed by atoms with E-state index in [9.17, 15) is 4.79 Å². The van der Waals surface area contributed by atoms with E-state index in [0.717, 1.165) is 11.4 Å². The van der Waals surface area contributed by atoms with Crippen molar-refractivity contribution in [2.45, 2.75) is 45.7 Å². The quantitative estimate of drug-likeness (QED) is 0.780. The molecule has 1 aliphatic rings. The number of ketones is 1. The summed E-state index contributed by atoms with van der Waals surface area (Å²) in [6.07, 6.45) is 2.46. The predicted octanol–water partition coefficient (Wildman–Crippen LogP) is 4.09. The molecule has 1 aliphatic heterocycles. The molecule has 0 aromatic carbocycles. The maximum absolute atomic E-state index is 12.4. The van der Waals surface area contributed by atoms with E-state index in [1.807, 2.05) is 13.0 Å². The molecule has 0 N–H and O–H groups in total. The molecular weight excluding hydrogens is 266 g/mol. The first kappa shape index (κ1) is 14.0. The highest BCUT2D eigenvalue weighted by molar-refractivity contribution is 7.18. The second kappa shape index (κ2) is 5.72. The van der Waals surface area contributed by atoms with Gasteiger partial charge in [-0.05, 0) is 51.3 Å². The van der Waals surface area contributed by atoms with Crippen molar-refractivity contribution in [3.8, 4) is 0 Å². The summed E-state index contributed by atoms with van der Waals surface area (Å²) < 4.78 is 0.686. The highest BCUT2D eigenvalue weighted by atomic mass is 35.5. The third-order valence-electron chi connectivity index (χ3n) is 4.12. The second-order valence-corrected chi connectivity index (χ2v) is 6.96. The van der Waals surface area contributed by atoms with Gasteiger partial charge in [-0.3, -0.25) is 9.69 Å². The lowest BCUT2D eigenvalue weighted by atomic mass is 9.90. The van der Waals surface area contributed by atoms with Gasteiger partial charge in [0.1, 0.15) is 0 Å². The summed E-state index contributed by atoms with van der Waals surface area (Å²) in [6, 6.07) is 4.07. The summed E-state index contributed by atoms with van der Waals surface area (Å²) >= 11 is 7.28. The molecule has 1 fully saturated rings. The summed E-state index contributed by atoms with van der Waals surface area (Å²) in [7, 11) is 0. The molecule has 2 rings (SSSR count). The molecule has 0 bridgehead atoms. The fourth-order valence-electron chi connectivity index (χ4n) is 2.72. The number of rotatable bonds is 3. The Balaban J connectivity index is 2.10. The number of hydrogen-bond donors (Lipinski definition) is 0. The standard InChI is InChI=1S/C14H20ClNOS/c1-9-5-4-8-16(10(9)2)11(3)14(17)12-6-7-13(15)18-12/h6-7,9-11H,4-5,8H2,1-3H3. The van der Waals surface area contributed by atoms with Crippen LogP contribution in [0.5, 0.6) is 0 Å². The molecule has 0 saturated carbocycles. The van der Waals surface area contributed by atoms with Crippen LogP contribution >= 0.6 is 22.9 Å². The third-order valence-corrected chi connectivity index (χ3v) is 5.36. The van der Waals surface area contributed by atoms with E-state index in [1.54, 1.807) is 6.07 Å². The van der Waals surface area contributed by atoms with Gasteiger partial charge in [0.05, 0.1) is 15.3 Å². The number of thiophene rings is 1. The van der Waals surface area contributed by atoms with Crippen LogP contribution in [0.2, 0.25) is 4.34 Å².